The van der Waals surface area contributed by atoms with E-state index in [0.29, 0.717) is 13.2 Å². The highest BCUT2D eigenvalue weighted by atomic mass is 16.5. The number of hydrogen-bond acceptors (Lipinski definition) is 4. The Morgan fingerprint density at radius 2 is 1.88 bits per heavy atom. The molecule has 2 aromatic carbocycles. The molecule has 0 aromatic heterocycles. The molecule has 1 heterocycles. The smallest absolute Gasteiger partial charge is 0.125 e. The van der Waals surface area contributed by atoms with Crippen LogP contribution >= 0.6 is 0 Å². The van der Waals surface area contributed by atoms with Crippen molar-refractivity contribution in [2.75, 3.05) is 31.7 Å². The fourth-order valence-electron chi connectivity index (χ4n) is 3.04. The van der Waals surface area contributed by atoms with Crippen LogP contribution in [0.3, 0.4) is 0 Å². The van der Waals surface area contributed by atoms with Gasteiger partial charge in [-0.05, 0) is 49.9 Å². The quantitative estimate of drug-likeness (QED) is 0.725. The molecule has 134 valence electrons. The van der Waals surface area contributed by atoms with Crippen molar-refractivity contribution in [2.24, 2.45) is 0 Å². The van der Waals surface area contributed by atoms with Gasteiger partial charge in [0, 0.05) is 24.9 Å². The van der Waals surface area contributed by atoms with Gasteiger partial charge in [0.15, 0.2) is 0 Å². The second kappa shape index (κ2) is 8.77. The van der Waals surface area contributed by atoms with Crippen molar-refractivity contribution in [1.82, 2.24) is 0 Å². The molecule has 0 radical (unpaired) electrons. The van der Waals surface area contributed by atoms with Gasteiger partial charge < -0.3 is 19.5 Å². The van der Waals surface area contributed by atoms with Gasteiger partial charge in [-0.3, -0.25) is 0 Å². The van der Waals surface area contributed by atoms with Crippen molar-refractivity contribution < 1.29 is 14.2 Å². The van der Waals surface area contributed by atoms with Gasteiger partial charge in [-0.25, -0.2) is 0 Å². The zero-order valence-corrected chi connectivity index (χ0v) is 15.1. The van der Waals surface area contributed by atoms with E-state index in [1.165, 1.54) is 11.1 Å². The van der Waals surface area contributed by atoms with E-state index in [1.54, 1.807) is 0 Å². The molecule has 0 spiro atoms. The lowest BCUT2D eigenvalue weighted by Crippen LogP contribution is -2.16. The van der Waals surface area contributed by atoms with Crippen LogP contribution in [0.1, 0.15) is 24.0 Å². The summed E-state index contributed by atoms with van der Waals surface area (Å²) < 4.78 is 17.4. The maximum atomic E-state index is 5.92. The summed E-state index contributed by atoms with van der Waals surface area (Å²) in [7, 11) is 0. The van der Waals surface area contributed by atoms with Gasteiger partial charge in [-0.1, -0.05) is 24.3 Å². The number of hydrogen-bond donors (Lipinski definition) is 1. The predicted molar refractivity (Wildman–Crippen MR) is 101 cm³/mol. The molecular formula is C21H27NO3. The number of rotatable bonds is 8. The summed E-state index contributed by atoms with van der Waals surface area (Å²) in [5, 5.41) is 3.39. The van der Waals surface area contributed by atoms with E-state index in [4.69, 9.17) is 14.2 Å². The lowest BCUT2D eigenvalue weighted by atomic mass is 10.1. The van der Waals surface area contributed by atoms with Gasteiger partial charge in [0.1, 0.15) is 24.7 Å². The fraction of sp³-hybridized carbons (Fsp3) is 0.429. The average Bonchev–Trinajstić information content (AvgIpc) is 3.13. The van der Waals surface area contributed by atoms with Gasteiger partial charge in [-0.15, -0.1) is 0 Å². The number of nitrogens with one attached hydrogen (secondary N) is 1. The lowest BCUT2D eigenvalue weighted by Gasteiger charge is -2.14. The van der Waals surface area contributed by atoms with Gasteiger partial charge in [0.25, 0.3) is 0 Å². The van der Waals surface area contributed by atoms with E-state index in [9.17, 15) is 0 Å². The second-order valence-electron chi connectivity index (χ2n) is 6.47. The van der Waals surface area contributed by atoms with E-state index in [0.717, 1.165) is 43.2 Å². The van der Waals surface area contributed by atoms with E-state index >= 15 is 0 Å². The largest absolute Gasteiger partial charge is 0.491 e. The van der Waals surface area contributed by atoms with Crippen LogP contribution in [-0.4, -0.2) is 32.5 Å². The minimum atomic E-state index is 0.238. The molecule has 1 N–H and O–H groups in total. The van der Waals surface area contributed by atoms with Crippen LogP contribution in [0.25, 0.3) is 0 Å². The highest BCUT2D eigenvalue weighted by Gasteiger charge is 2.15. The zero-order chi connectivity index (χ0) is 17.5. The summed E-state index contributed by atoms with van der Waals surface area (Å²) in [6, 6.07) is 14.2. The van der Waals surface area contributed by atoms with Gasteiger partial charge in [0.05, 0.1) is 6.10 Å². The first-order valence-corrected chi connectivity index (χ1v) is 9.00. The molecule has 1 atom stereocenters. The van der Waals surface area contributed by atoms with Crippen LogP contribution in [0.4, 0.5) is 5.69 Å². The Morgan fingerprint density at radius 1 is 1.08 bits per heavy atom. The van der Waals surface area contributed by atoms with E-state index in [-0.39, 0.29) is 6.10 Å². The molecule has 1 aliphatic heterocycles. The fourth-order valence-corrected chi connectivity index (χ4v) is 3.04. The molecule has 1 fully saturated rings. The molecule has 4 nitrogen and oxygen atoms in total. The van der Waals surface area contributed by atoms with Gasteiger partial charge >= 0.3 is 0 Å². The molecule has 0 aliphatic carbocycles. The Morgan fingerprint density at radius 3 is 2.64 bits per heavy atom. The molecule has 1 aliphatic rings. The summed E-state index contributed by atoms with van der Waals surface area (Å²) >= 11 is 0. The highest BCUT2D eigenvalue weighted by Crippen LogP contribution is 2.22. The van der Waals surface area contributed by atoms with E-state index in [2.05, 4.69) is 37.4 Å². The Bertz CT molecular complexity index is 660. The first kappa shape index (κ1) is 17.6. The minimum absolute atomic E-state index is 0.238. The number of benzene rings is 2. The standard InChI is InChI=1S/C21H27NO3/c1-16-6-3-7-17(2)21(16)24-13-11-22-18-8-4-9-19(14-18)25-15-20-10-5-12-23-20/h3-4,6-9,14,20,22H,5,10-13,15H2,1-2H3. The van der Waals surface area contributed by atoms with Gasteiger partial charge in [-0.2, -0.15) is 0 Å². The van der Waals surface area contributed by atoms with Crippen LogP contribution in [-0.2, 0) is 4.74 Å². The summed E-state index contributed by atoms with van der Waals surface area (Å²) in [6.07, 6.45) is 2.46. The molecule has 1 unspecified atom stereocenters. The highest BCUT2D eigenvalue weighted by molar-refractivity contribution is 5.48. The molecule has 0 saturated carbocycles. The van der Waals surface area contributed by atoms with Crippen LogP contribution < -0.4 is 14.8 Å². The van der Waals surface area contributed by atoms with Crippen molar-refractivity contribution in [1.29, 1.82) is 0 Å². The van der Waals surface area contributed by atoms with Crippen LogP contribution in [0.15, 0.2) is 42.5 Å². The van der Waals surface area contributed by atoms with Crippen LogP contribution in [0, 0.1) is 13.8 Å². The molecule has 0 bridgehead atoms. The Labute approximate surface area is 150 Å². The van der Waals surface area contributed by atoms with Gasteiger partial charge in [0.2, 0.25) is 0 Å². The molecule has 4 heteroatoms. The van der Waals surface area contributed by atoms with Crippen LogP contribution in [0.2, 0.25) is 0 Å². The van der Waals surface area contributed by atoms with Crippen molar-refractivity contribution in [3.05, 3.63) is 53.6 Å². The normalized spacial score (nSPS) is 16.6. The topological polar surface area (TPSA) is 39.7 Å². The zero-order valence-electron chi connectivity index (χ0n) is 15.1. The van der Waals surface area contributed by atoms with Crippen molar-refractivity contribution in [2.45, 2.75) is 32.8 Å². The van der Waals surface area contributed by atoms with Crippen molar-refractivity contribution in [3.8, 4) is 11.5 Å². The number of para-hydroxylation sites is 1. The molecule has 25 heavy (non-hydrogen) atoms. The van der Waals surface area contributed by atoms with Crippen LogP contribution in [0.5, 0.6) is 11.5 Å². The minimum Gasteiger partial charge on any atom is -0.491 e. The predicted octanol–water partition coefficient (Wildman–Crippen LogP) is 4.35. The second-order valence-corrected chi connectivity index (χ2v) is 6.47. The van der Waals surface area contributed by atoms with Crippen molar-refractivity contribution >= 4 is 5.69 Å². The first-order chi connectivity index (χ1) is 12.2. The Kier molecular flexibility index (Phi) is 6.18. The number of aryl methyl sites for hydroxylation is 2. The first-order valence-electron chi connectivity index (χ1n) is 9.00. The molecule has 3 rings (SSSR count). The molecular weight excluding hydrogens is 314 g/mol. The summed E-state index contributed by atoms with van der Waals surface area (Å²) in [5.74, 6) is 1.86. The molecule has 2 aromatic rings. The third-order valence-corrected chi connectivity index (χ3v) is 4.38. The maximum absolute atomic E-state index is 5.92. The van der Waals surface area contributed by atoms with E-state index in [1.807, 2.05) is 24.3 Å². The number of anilines is 1. The average molecular weight is 341 g/mol. The summed E-state index contributed by atoms with van der Waals surface area (Å²) in [4.78, 5) is 0. The Balaban J connectivity index is 1.44. The van der Waals surface area contributed by atoms with E-state index < -0.39 is 0 Å². The summed E-state index contributed by atoms with van der Waals surface area (Å²) in [6.45, 7) is 6.99. The number of ether oxygens (including phenoxy) is 3. The third kappa shape index (κ3) is 5.13. The third-order valence-electron chi connectivity index (χ3n) is 4.38. The molecule has 1 saturated heterocycles. The maximum Gasteiger partial charge on any atom is 0.125 e. The van der Waals surface area contributed by atoms with Crippen molar-refractivity contribution in [3.63, 3.8) is 0 Å². The lowest BCUT2D eigenvalue weighted by molar-refractivity contribution is 0.0680. The summed E-state index contributed by atoms with van der Waals surface area (Å²) in [5.41, 5.74) is 3.38. The molecule has 0 amide bonds. The monoisotopic (exact) mass is 341 g/mol. The Hall–Kier alpha value is -2.20. The SMILES string of the molecule is Cc1cccc(C)c1OCCNc1cccc(OCC2CCCO2)c1.